The van der Waals surface area contributed by atoms with Gasteiger partial charge in [0.1, 0.15) is 0 Å². The average molecular weight is 378 g/mol. The maximum atomic E-state index is 12.3. The van der Waals surface area contributed by atoms with Gasteiger partial charge in [-0.3, -0.25) is 0 Å². The number of anilines is 1. The third kappa shape index (κ3) is 3.72. The number of likely N-dealkylation sites (tertiary alicyclic amines) is 1. The van der Waals surface area contributed by atoms with Crippen LogP contribution in [0, 0.1) is 0 Å². The van der Waals surface area contributed by atoms with Crippen molar-refractivity contribution in [3.8, 4) is 0 Å². The summed E-state index contributed by atoms with van der Waals surface area (Å²) in [7, 11) is -3.85. The fraction of sp³-hybridized carbons (Fsp3) is 0.611. The van der Waals surface area contributed by atoms with Crippen molar-refractivity contribution in [1.29, 1.82) is 0 Å². The smallest absolute Gasteiger partial charge is 0.307 e. The molecule has 0 radical (unpaired) electrons. The number of rotatable bonds is 6. The molecular weight excluding hydrogens is 352 g/mol. The van der Waals surface area contributed by atoms with Gasteiger partial charge in [0.05, 0.1) is 0 Å². The number of nitrogens with zero attached hydrogens (tertiary/aromatic N) is 1. The molecule has 3 N–H and O–H groups in total. The van der Waals surface area contributed by atoms with E-state index in [1.54, 1.807) is 0 Å². The quantitative estimate of drug-likeness (QED) is 0.696. The highest BCUT2D eigenvalue weighted by Gasteiger charge is 2.26. The number of benzene rings is 1. The van der Waals surface area contributed by atoms with Gasteiger partial charge in [0.2, 0.25) is 0 Å². The van der Waals surface area contributed by atoms with E-state index < -0.39 is 16.2 Å². The molecule has 0 spiro atoms. The Hall–Kier alpha value is -1.64. The van der Waals surface area contributed by atoms with E-state index in [9.17, 15) is 13.2 Å². The Morgan fingerprint density at radius 3 is 2.23 bits per heavy atom. The molecule has 1 aromatic rings. The summed E-state index contributed by atoms with van der Waals surface area (Å²) < 4.78 is 28.7. The van der Waals surface area contributed by atoms with E-state index in [1.165, 1.54) is 28.7 Å². The lowest BCUT2D eigenvalue weighted by atomic mass is 9.99. The molecule has 1 aromatic carbocycles. The summed E-state index contributed by atoms with van der Waals surface area (Å²) in [5, 5.41) is 2.84. The number of amides is 2. The average Bonchev–Trinajstić information content (AvgIpc) is 3.17. The topological polar surface area (TPSA) is 90.5 Å². The largest absolute Gasteiger partial charge is 0.333 e. The number of hydrogen-bond donors (Lipinski definition) is 3. The summed E-state index contributed by atoms with van der Waals surface area (Å²) in [5.41, 5.74) is 5.82. The Morgan fingerprint density at radius 1 is 1.00 bits per heavy atom. The number of fused-ring (bicyclic) bond motifs is 2. The van der Waals surface area contributed by atoms with Crippen molar-refractivity contribution in [3.05, 3.63) is 28.3 Å². The van der Waals surface area contributed by atoms with E-state index in [0.717, 1.165) is 57.3 Å². The Bertz CT molecular complexity index is 786. The summed E-state index contributed by atoms with van der Waals surface area (Å²) >= 11 is 0. The Kier molecular flexibility index (Phi) is 4.90. The fourth-order valence-electron chi connectivity index (χ4n) is 4.21. The van der Waals surface area contributed by atoms with Crippen LogP contribution in [-0.4, -0.2) is 45.5 Å². The van der Waals surface area contributed by atoms with Crippen molar-refractivity contribution < 1.29 is 13.2 Å². The number of urea groups is 1. The highest BCUT2D eigenvalue weighted by Crippen LogP contribution is 2.38. The van der Waals surface area contributed by atoms with Gasteiger partial charge < -0.3 is 10.2 Å². The van der Waals surface area contributed by atoms with Crippen LogP contribution in [0.25, 0.3) is 0 Å². The lowest BCUT2D eigenvalue weighted by Gasteiger charge is -2.30. The van der Waals surface area contributed by atoms with E-state index in [4.69, 9.17) is 0 Å². The first-order valence-corrected chi connectivity index (χ1v) is 11.0. The number of hydrogen-bond acceptors (Lipinski definition) is 4. The van der Waals surface area contributed by atoms with Crippen LogP contribution in [0.4, 0.5) is 10.5 Å². The van der Waals surface area contributed by atoms with Gasteiger partial charge in [0.25, 0.3) is 0 Å². The van der Waals surface area contributed by atoms with Crippen molar-refractivity contribution in [2.75, 3.05) is 31.5 Å². The van der Waals surface area contributed by atoms with Gasteiger partial charge in [-0.2, -0.15) is 13.1 Å². The van der Waals surface area contributed by atoms with Gasteiger partial charge in [-0.1, -0.05) is 6.07 Å². The summed E-state index contributed by atoms with van der Waals surface area (Å²) in [6.07, 6.45) is 7.30. The monoisotopic (exact) mass is 378 g/mol. The SMILES string of the molecule is O=C(Nc1c2c(cc3c1CCC3)CCC2)NS(=O)(=O)NCCN1CCC1. The van der Waals surface area contributed by atoms with Gasteiger partial charge >= 0.3 is 16.2 Å². The van der Waals surface area contributed by atoms with Gasteiger partial charge in [0, 0.05) is 18.8 Å². The molecule has 0 saturated carbocycles. The second-order valence-corrected chi connectivity index (χ2v) is 8.88. The molecule has 0 aromatic heterocycles. The summed E-state index contributed by atoms with van der Waals surface area (Å²) in [6.45, 7) is 3.00. The van der Waals surface area contributed by atoms with Gasteiger partial charge in [-0.25, -0.2) is 9.52 Å². The predicted molar refractivity (Wildman–Crippen MR) is 101 cm³/mol. The second-order valence-electron chi connectivity index (χ2n) is 7.38. The summed E-state index contributed by atoms with van der Waals surface area (Å²) in [6, 6.07) is 1.60. The molecule has 142 valence electrons. The van der Waals surface area contributed by atoms with Crippen molar-refractivity contribution in [2.24, 2.45) is 0 Å². The Labute approximate surface area is 154 Å². The van der Waals surface area contributed by atoms with Gasteiger partial charge in [0.15, 0.2) is 0 Å². The Balaban J connectivity index is 1.40. The first-order valence-electron chi connectivity index (χ1n) is 9.49. The van der Waals surface area contributed by atoms with E-state index in [0.29, 0.717) is 13.1 Å². The maximum absolute atomic E-state index is 12.3. The lowest BCUT2D eigenvalue weighted by Crippen LogP contribution is -2.47. The molecule has 8 heteroatoms. The van der Waals surface area contributed by atoms with Crippen LogP contribution >= 0.6 is 0 Å². The van der Waals surface area contributed by atoms with E-state index in [-0.39, 0.29) is 0 Å². The first kappa shape index (κ1) is 17.8. The minimum absolute atomic E-state index is 0.304. The van der Waals surface area contributed by atoms with E-state index in [2.05, 4.69) is 25.7 Å². The molecule has 7 nitrogen and oxygen atoms in total. The van der Waals surface area contributed by atoms with Gasteiger partial charge in [-0.15, -0.1) is 0 Å². The van der Waals surface area contributed by atoms with E-state index >= 15 is 0 Å². The molecule has 1 fully saturated rings. The zero-order valence-electron chi connectivity index (χ0n) is 14.9. The summed E-state index contributed by atoms with van der Waals surface area (Å²) in [4.78, 5) is 14.5. The zero-order valence-corrected chi connectivity index (χ0v) is 15.8. The van der Waals surface area contributed by atoms with Gasteiger partial charge in [-0.05, 0) is 80.3 Å². The fourth-order valence-corrected chi connectivity index (χ4v) is 4.94. The van der Waals surface area contributed by atoms with Crippen LogP contribution in [0.2, 0.25) is 0 Å². The molecule has 1 aliphatic heterocycles. The Morgan fingerprint density at radius 2 is 1.65 bits per heavy atom. The zero-order chi connectivity index (χ0) is 18.1. The molecule has 3 aliphatic rings. The van der Waals surface area contributed by atoms with E-state index in [1.807, 2.05) is 0 Å². The highest BCUT2D eigenvalue weighted by molar-refractivity contribution is 7.88. The second kappa shape index (κ2) is 7.17. The third-order valence-corrected chi connectivity index (χ3v) is 6.65. The third-order valence-electron chi connectivity index (χ3n) is 5.61. The molecule has 26 heavy (non-hydrogen) atoms. The molecule has 0 unspecified atom stereocenters. The van der Waals surface area contributed by atoms with Crippen molar-refractivity contribution in [3.63, 3.8) is 0 Å². The van der Waals surface area contributed by atoms with Crippen LogP contribution < -0.4 is 14.8 Å². The standard InChI is InChI=1S/C18H26N4O3S/c23-18(21-26(24,25)19-8-11-22-9-3-10-22)20-17-15-6-1-4-13(15)12-14-5-2-7-16(14)17/h12,19H,1-11H2,(H2,20,21,23). The maximum Gasteiger partial charge on any atom is 0.333 e. The number of nitrogens with one attached hydrogen (secondary N) is 3. The molecule has 4 rings (SSSR count). The van der Waals surface area contributed by atoms with Crippen LogP contribution in [0.1, 0.15) is 41.5 Å². The normalized spacial score (nSPS) is 18.9. The van der Waals surface area contributed by atoms with Crippen LogP contribution in [-0.2, 0) is 35.9 Å². The molecule has 0 atom stereocenters. The molecule has 1 saturated heterocycles. The minimum atomic E-state index is -3.85. The number of aryl methyl sites for hydroxylation is 2. The molecule has 1 heterocycles. The molecule has 2 aliphatic carbocycles. The molecule has 2 amide bonds. The minimum Gasteiger partial charge on any atom is -0.307 e. The highest BCUT2D eigenvalue weighted by atomic mass is 32.2. The summed E-state index contributed by atoms with van der Waals surface area (Å²) in [5.74, 6) is 0. The molecular formula is C18H26N4O3S. The number of carbonyl (C=O) groups is 1. The van der Waals surface area contributed by atoms with Crippen LogP contribution in [0.5, 0.6) is 0 Å². The van der Waals surface area contributed by atoms with Crippen LogP contribution in [0.15, 0.2) is 6.07 Å². The van der Waals surface area contributed by atoms with Crippen molar-refractivity contribution >= 4 is 21.9 Å². The van der Waals surface area contributed by atoms with Crippen LogP contribution in [0.3, 0.4) is 0 Å². The first-order chi connectivity index (χ1) is 12.5. The predicted octanol–water partition coefficient (Wildman–Crippen LogP) is 1.33. The van der Waals surface area contributed by atoms with Crippen molar-refractivity contribution in [2.45, 2.75) is 44.9 Å². The van der Waals surface area contributed by atoms with Crippen molar-refractivity contribution in [1.82, 2.24) is 14.3 Å². The molecule has 0 bridgehead atoms. The lowest BCUT2D eigenvalue weighted by molar-refractivity contribution is 0.185. The number of carbonyl (C=O) groups excluding carboxylic acids is 1.